The maximum Gasteiger partial charge on any atom is 0.271 e. The van der Waals surface area contributed by atoms with Gasteiger partial charge in [-0.3, -0.25) is 0 Å². The summed E-state index contributed by atoms with van der Waals surface area (Å²) in [5, 5.41) is 7.90. The van der Waals surface area contributed by atoms with E-state index >= 15 is 0 Å². The van der Waals surface area contributed by atoms with Crippen molar-refractivity contribution in [2.45, 2.75) is 18.6 Å². The molecule has 0 amide bonds. The lowest BCUT2D eigenvalue weighted by Crippen LogP contribution is -2.10. The number of nitrogens with two attached hydrogens (primary N) is 1. The lowest BCUT2D eigenvalue weighted by atomic mass is 10.2. The van der Waals surface area contributed by atoms with Crippen molar-refractivity contribution in [3.05, 3.63) is 46.1 Å². The SMILES string of the molecule is Cc1ccc(Br)c(NCc2ccc(S(N)(=O)=O)o2)c1. The van der Waals surface area contributed by atoms with Crippen molar-refractivity contribution in [1.82, 2.24) is 0 Å². The Morgan fingerprint density at radius 2 is 2.05 bits per heavy atom. The van der Waals surface area contributed by atoms with E-state index < -0.39 is 10.0 Å². The predicted molar refractivity (Wildman–Crippen MR) is 76.3 cm³/mol. The molecule has 1 heterocycles. The molecule has 0 radical (unpaired) electrons. The standard InChI is InChI=1S/C12H13BrN2O3S/c1-8-2-4-10(13)11(6-8)15-7-9-3-5-12(18-9)19(14,16)17/h2-6,15H,7H2,1H3,(H2,14,16,17). The topological polar surface area (TPSA) is 85.3 Å². The maximum atomic E-state index is 11.1. The zero-order valence-corrected chi connectivity index (χ0v) is 12.6. The van der Waals surface area contributed by atoms with Gasteiger partial charge in [0.05, 0.1) is 6.54 Å². The van der Waals surface area contributed by atoms with Crippen molar-refractivity contribution < 1.29 is 12.8 Å². The molecule has 2 rings (SSSR count). The van der Waals surface area contributed by atoms with E-state index in [1.165, 1.54) is 6.07 Å². The van der Waals surface area contributed by atoms with Crippen LogP contribution in [-0.2, 0) is 16.6 Å². The maximum absolute atomic E-state index is 11.1. The first-order chi connectivity index (χ1) is 8.86. The number of aryl methyl sites for hydroxylation is 1. The fraction of sp³-hybridized carbons (Fsp3) is 0.167. The van der Waals surface area contributed by atoms with Crippen LogP contribution in [0.4, 0.5) is 5.69 Å². The summed E-state index contributed by atoms with van der Waals surface area (Å²) in [5.41, 5.74) is 2.03. The second kappa shape index (κ2) is 5.36. The Morgan fingerprint density at radius 3 is 2.68 bits per heavy atom. The molecular formula is C12H13BrN2O3S. The third-order valence-corrected chi connectivity index (χ3v) is 3.96. The number of hydrogen-bond donors (Lipinski definition) is 2. The van der Waals surface area contributed by atoms with E-state index in [0.29, 0.717) is 12.3 Å². The molecule has 0 bridgehead atoms. The highest BCUT2D eigenvalue weighted by molar-refractivity contribution is 9.10. The lowest BCUT2D eigenvalue weighted by molar-refractivity contribution is 0.419. The molecule has 0 aliphatic heterocycles. The van der Waals surface area contributed by atoms with Gasteiger partial charge in [0, 0.05) is 10.2 Å². The number of primary sulfonamides is 1. The summed E-state index contributed by atoms with van der Waals surface area (Å²) >= 11 is 3.43. The number of sulfonamides is 1. The number of rotatable bonds is 4. The first-order valence-corrected chi connectivity index (χ1v) is 7.82. The third kappa shape index (κ3) is 3.59. The summed E-state index contributed by atoms with van der Waals surface area (Å²) in [5.74, 6) is 0.498. The normalized spacial score (nSPS) is 11.5. The van der Waals surface area contributed by atoms with E-state index in [1.807, 2.05) is 25.1 Å². The molecule has 5 nitrogen and oxygen atoms in total. The summed E-state index contributed by atoms with van der Waals surface area (Å²) in [6.45, 7) is 2.36. The van der Waals surface area contributed by atoms with Gasteiger partial charge in [0.15, 0.2) is 0 Å². The number of anilines is 1. The Labute approximate surface area is 120 Å². The van der Waals surface area contributed by atoms with Crippen LogP contribution in [0.1, 0.15) is 11.3 Å². The van der Waals surface area contributed by atoms with Gasteiger partial charge in [0.2, 0.25) is 5.09 Å². The summed E-state index contributed by atoms with van der Waals surface area (Å²) in [7, 11) is -3.78. The molecule has 0 saturated carbocycles. The molecular weight excluding hydrogens is 332 g/mol. The molecule has 0 aliphatic rings. The van der Waals surface area contributed by atoms with Gasteiger partial charge in [-0.2, -0.15) is 0 Å². The van der Waals surface area contributed by atoms with Crippen molar-refractivity contribution in [2.24, 2.45) is 5.14 Å². The second-order valence-electron chi connectivity index (χ2n) is 4.10. The third-order valence-electron chi connectivity index (χ3n) is 2.49. The molecule has 2 aromatic rings. The average Bonchev–Trinajstić information content (AvgIpc) is 2.79. The highest BCUT2D eigenvalue weighted by Crippen LogP contribution is 2.24. The molecule has 1 aromatic carbocycles. The molecule has 19 heavy (non-hydrogen) atoms. The minimum atomic E-state index is -3.78. The molecule has 102 valence electrons. The van der Waals surface area contributed by atoms with Gasteiger partial charge in [0.25, 0.3) is 10.0 Å². The van der Waals surface area contributed by atoms with Crippen LogP contribution in [0.2, 0.25) is 0 Å². The predicted octanol–water partition coefficient (Wildman–Crippen LogP) is 2.61. The Morgan fingerprint density at radius 1 is 1.32 bits per heavy atom. The van der Waals surface area contributed by atoms with Crippen LogP contribution in [0.3, 0.4) is 0 Å². The molecule has 1 aromatic heterocycles. The van der Waals surface area contributed by atoms with Crippen molar-refractivity contribution in [3.8, 4) is 0 Å². The van der Waals surface area contributed by atoms with Gasteiger partial charge in [-0.05, 0) is 52.7 Å². The van der Waals surface area contributed by atoms with E-state index in [-0.39, 0.29) is 5.09 Å². The van der Waals surface area contributed by atoms with Gasteiger partial charge in [-0.15, -0.1) is 0 Å². The van der Waals surface area contributed by atoms with E-state index in [1.54, 1.807) is 6.07 Å². The lowest BCUT2D eigenvalue weighted by Gasteiger charge is -2.07. The van der Waals surface area contributed by atoms with Crippen LogP contribution < -0.4 is 10.5 Å². The fourth-order valence-electron chi connectivity index (χ4n) is 1.56. The van der Waals surface area contributed by atoms with E-state index in [4.69, 9.17) is 9.56 Å². The highest BCUT2D eigenvalue weighted by atomic mass is 79.9. The summed E-state index contributed by atoms with van der Waals surface area (Å²) in [6.07, 6.45) is 0. The Bertz CT molecular complexity index is 695. The Kier molecular flexibility index (Phi) is 3.98. The first-order valence-electron chi connectivity index (χ1n) is 5.48. The van der Waals surface area contributed by atoms with Crippen molar-refractivity contribution in [2.75, 3.05) is 5.32 Å². The molecule has 0 spiro atoms. The molecule has 7 heteroatoms. The Hall–Kier alpha value is -1.31. The van der Waals surface area contributed by atoms with Gasteiger partial charge in [-0.25, -0.2) is 13.6 Å². The number of hydrogen-bond acceptors (Lipinski definition) is 4. The highest BCUT2D eigenvalue weighted by Gasteiger charge is 2.13. The molecule has 0 fully saturated rings. The van der Waals surface area contributed by atoms with Crippen LogP contribution in [-0.4, -0.2) is 8.42 Å². The van der Waals surface area contributed by atoms with E-state index in [0.717, 1.165) is 15.7 Å². The minimum absolute atomic E-state index is 0.229. The molecule has 0 aliphatic carbocycles. The zero-order chi connectivity index (χ0) is 14.0. The van der Waals surface area contributed by atoms with E-state index in [9.17, 15) is 8.42 Å². The number of halogens is 1. The van der Waals surface area contributed by atoms with Gasteiger partial charge < -0.3 is 9.73 Å². The number of furan rings is 1. The first kappa shape index (κ1) is 14.1. The van der Waals surface area contributed by atoms with Crippen LogP contribution in [0.25, 0.3) is 0 Å². The molecule has 0 saturated heterocycles. The van der Waals surface area contributed by atoms with Gasteiger partial charge >= 0.3 is 0 Å². The molecule has 0 atom stereocenters. The number of benzene rings is 1. The van der Waals surface area contributed by atoms with Crippen LogP contribution in [0, 0.1) is 6.92 Å². The smallest absolute Gasteiger partial charge is 0.271 e. The van der Waals surface area contributed by atoms with Crippen LogP contribution in [0.5, 0.6) is 0 Å². The monoisotopic (exact) mass is 344 g/mol. The molecule has 0 unspecified atom stereocenters. The van der Waals surface area contributed by atoms with E-state index in [2.05, 4.69) is 21.2 Å². The largest absolute Gasteiger partial charge is 0.446 e. The summed E-state index contributed by atoms with van der Waals surface area (Å²) in [6, 6.07) is 8.83. The second-order valence-corrected chi connectivity index (χ2v) is 6.45. The van der Waals surface area contributed by atoms with Crippen molar-refractivity contribution in [1.29, 1.82) is 0 Å². The van der Waals surface area contributed by atoms with Gasteiger partial charge in [-0.1, -0.05) is 6.07 Å². The minimum Gasteiger partial charge on any atom is -0.446 e. The van der Waals surface area contributed by atoms with Crippen LogP contribution >= 0.6 is 15.9 Å². The zero-order valence-electron chi connectivity index (χ0n) is 10.2. The van der Waals surface area contributed by atoms with Crippen molar-refractivity contribution in [3.63, 3.8) is 0 Å². The molecule has 3 N–H and O–H groups in total. The Balaban J connectivity index is 2.11. The van der Waals surface area contributed by atoms with Gasteiger partial charge in [0.1, 0.15) is 5.76 Å². The summed E-state index contributed by atoms with van der Waals surface area (Å²) in [4.78, 5) is 0. The number of nitrogens with one attached hydrogen (secondary N) is 1. The summed E-state index contributed by atoms with van der Waals surface area (Å²) < 4.78 is 28.2. The van der Waals surface area contributed by atoms with Crippen LogP contribution in [0.15, 0.2) is 44.3 Å². The van der Waals surface area contributed by atoms with Crippen molar-refractivity contribution >= 4 is 31.6 Å². The quantitative estimate of drug-likeness (QED) is 0.892. The average molecular weight is 345 g/mol. The fourth-order valence-corrected chi connectivity index (χ4v) is 2.43.